The Kier molecular flexibility index (Phi) is 3.23. The minimum atomic E-state index is -0.165. The van der Waals surface area contributed by atoms with Gasteiger partial charge in [0.25, 0.3) is 5.91 Å². The third kappa shape index (κ3) is 2.42. The van der Waals surface area contributed by atoms with Crippen molar-refractivity contribution in [3.05, 3.63) is 41.0 Å². The molecular formula is C14H14N4OS. The van der Waals surface area contributed by atoms with Crippen LogP contribution >= 0.6 is 11.3 Å². The van der Waals surface area contributed by atoms with Gasteiger partial charge in [-0.3, -0.25) is 9.89 Å². The van der Waals surface area contributed by atoms with Gasteiger partial charge < -0.3 is 5.32 Å². The Hall–Kier alpha value is -2.21. The van der Waals surface area contributed by atoms with Crippen molar-refractivity contribution >= 4 is 33.3 Å². The second-order valence-electron chi connectivity index (χ2n) is 4.85. The van der Waals surface area contributed by atoms with Crippen molar-refractivity contribution in [1.29, 1.82) is 0 Å². The van der Waals surface area contributed by atoms with Crippen LogP contribution in [0.15, 0.2) is 29.8 Å². The molecule has 2 aromatic heterocycles. The number of anilines is 1. The van der Waals surface area contributed by atoms with Gasteiger partial charge in [0, 0.05) is 17.3 Å². The average molecular weight is 286 g/mol. The van der Waals surface area contributed by atoms with E-state index in [1.54, 1.807) is 11.6 Å². The van der Waals surface area contributed by atoms with Crippen molar-refractivity contribution in [3.8, 4) is 0 Å². The van der Waals surface area contributed by atoms with Crippen LogP contribution in [0.5, 0.6) is 0 Å². The van der Waals surface area contributed by atoms with Crippen molar-refractivity contribution in [2.24, 2.45) is 0 Å². The van der Waals surface area contributed by atoms with Gasteiger partial charge in [-0.05, 0) is 24.1 Å². The number of amides is 1. The van der Waals surface area contributed by atoms with Crippen molar-refractivity contribution in [1.82, 2.24) is 15.2 Å². The fourth-order valence-corrected chi connectivity index (χ4v) is 2.60. The number of H-pyrrole nitrogens is 1. The van der Waals surface area contributed by atoms with Crippen LogP contribution in [0.3, 0.4) is 0 Å². The summed E-state index contributed by atoms with van der Waals surface area (Å²) in [4.78, 5) is 16.4. The quantitative estimate of drug-likeness (QED) is 0.775. The molecular weight excluding hydrogens is 272 g/mol. The van der Waals surface area contributed by atoms with Crippen LogP contribution in [0.4, 0.5) is 5.82 Å². The molecule has 3 aromatic rings. The second-order valence-corrected chi connectivity index (χ2v) is 5.74. The molecule has 2 N–H and O–H groups in total. The first-order chi connectivity index (χ1) is 9.63. The molecule has 0 radical (unpaired) electrons. The van der Waals surface area contributed by atoms with Crippen LogP contribution in [-0.2, 0) is 0 Å². The molecule has 0 atom stereocenters. The zero-order valence-corrected chi connectivity index (χ0v) is 12.0. The molecule has 0 unspecified atom stereocenters. The molecule has 2 heterocycles. The van der Waals surface area contributed by atoms with Gasteiger partial charge in [-0.15, -0.1) is 11.3 Å². The third-order valence-corrected chi connectivity index (χ3v) is 3.85. The number of nitrogens with one attached hydrogen (secondary N) is 2. The molecule has 0 fully saturated rings. The standard InChI is InChI=1S/C14H14N4OS/c1-8(2)11-6-13(18-17-11)16-14(19)9-3-4-10-12(5-9)20-7-15-10/h3-8H,1-2H3,(H2,16,17,18,19). The van der Waals surface area contributed by atoms with Crippen LogP contribution in [0.2, 0.25) is 0 Å². The lowest BCUT2D eigenvalue weighted by Crippen LogP contribution is -2.11. The summed E-state index contributed by atoms with van der Waals surface area (Å²) in [6, 6.07) is 7.32. The summed E-state index contributed by atoms with van der Waals surface area (Å²) in [6.07, 6.45) is 0. The van der Waals surface area contributed by atoms with Crippen LogP contribution in [0.25, 0.3) is 10.2 Å². The molecule has 1 amide bonds. The van der Waals surface area contributed by atoms with E-state index < -0.39 is 0 Å². The maximum atomic E-state index is 12.2. The number of thiazole rings is 1. The maximum Gasteiger partial charge on any atom is 0.256 e. The number of carbonyl (C=O) groups is 1. The molecule has 0 bridgehead atoms. The van der Waals surface area contributed by atoms with Gasteiger partial charge in [-0.1, -0.05) is 13.8 Å². The minimum Gasteiger partial charge on any atom is -0.305 e. The minimum absolute atomic E-state index is 0.165. The van der Waals surface area contributed by atoms with E-state index in [2.05, 4.69) is 34.3 Å². The van der Waals surface area contributed by atoms with Gasteiger partial charge in [0.2, 0.25) is 0 Å². The first kappa shape index (κ1) is 12.8. The fourth-order valence-electron chi connectivity index (χ4n) is 1.88. The Balaban J connectivity index is 1.80. The first-order valence-corrected chi connectivity index (χ1v) is 7.21. The number of carbonyl (C=O) groups excluding carboxylic acids is 1. The lowest BCUT2D eigenvalue weighted by atomic mass is 10.1. The third-order valence-electron chi connectivity index (χ3n) is 3.05. The monoisotopic (exact) mass is 286 g/mol. The van der Waals surface area contributed by atoms with E-state index in [4.69, 9.17) is 0 Å². The normalized spacial score (nSPS) is 11.2. The van der Waals surface area contributed by atoms with E-state index in [1.807, 2.05) is 18.2 Å². The summed E-state index contributed by atoms with van der Waals surface area (Å²) in [6.45, 7) is 4.13. The molecule has 6 heteroatoms. The molecule has 102 valence electrons. The van der Waals surface area contributed by atoms with Gasteiger partial charge in [-0.25, -0.2) is 4.98 Å². The smallest absolute Gasteiger partial charge is 0.256 e. The Morgan fingerprint density at radius 2 is 2.20 bits per heavy atom. The highest BCUT2D eigenvalue weighted by atomic mass is 32.1. The molecule has 0 saturated heterocycles. The van der Waals surface area contributed by atoms with Gasteiger partial charge in [-0.2, -0.15) is 5.10 Å². The molecule has 0 aliphatic carbocycles. The average Bonchev–Trinajstić information content (AvgIpc) is 3.05. The summed E-state index contributed by atoms with van der Waals surface area (Å²) < 4.78 is 1.00. The Morgan fingerprint density at radius 1 is 1.35 bits per heavy atom. The van der Waals surface area contributed by atoms with E-state index in [1.165, 1.54) is 11.3 Å². The summed E-state index contributed by atoms with van der Waals surface area (Å²) in [5, 5.41) is 9.80. The summed E-state index contributed by atoms with van der Waals surface area (Å²) in [5.74, 6) is 0.729. The van der Waals surface area contributed by atoms with E-state index in [0.29, 0.717) is 17.3 Å². The van der Waals surface area contributed by atoms with Gasteiger partial charge in [0.15, 0.2) is 5.82 Å². The van der Waals surface area contributed by atoms with Gasteiger partial charge in [0.1, 0.15) is 0 Å². The Morgan fingerprint density at radius 3 is 2.95 bits per heavy atom. The van der Waals surface area contributed by atoms with Crippen LogP contribution < -0.4 is 5.32 Å². The molecule has 0 aliphatic rings. The lowest BCUT2D eigenvalue weighted by Gasteiger charge is -2.01. The fraction of sp³-hybridized carbons (Fsp3) is 0.214. The van der Waals surface area contributed by atoms with Crippen molar-refractivity contribution in [2.45, 2.75) is 19.8 Å². The van der Waals surface area contributed by atoms with Crippen LogP contribution in [-0.4, -0.2) is 21.1 Å². The number of rotatable bonds is 3. The predicted molar refractivity (Wildman–Crippen MR) is 80.2 cm³/mol. The maximum absolute atomic E-state index is 12.2. The Labute approximate surface area is 120 Å². The van der Waals surface area contributed by atoms with E-state index in [9.17, 15) is 4.79 Å². The van der Waals surface area contributed by atoms with Crippen molar-refractivity contribution in [3.63, 3.8) is 0 Å². The zero-order chi connectivity index (χ0) is 14.1. The molecule has 20 heavy (non-hydrogen) atoms. The largest absolute Gasteiger partial charge is 0.305 e. The molecule has 1 aromatic carbocycles. The predicted octanol–water partition coefficient (Wildman–Crippen LogP) is 3.40. The van der Waals surface area contributed by atoms with Crippen LogP contribution in [0, 0.1) is 0 Å². The number of hydrogen-bond acceptors (Lipinski definition) is 4. The number of benzene rings is 1. The SMILES string of the molecule is CC(C)c1cc(NC(=O)c2ccc3ncsc3c2)n[nH]1. The van der Waals surface area contributed by atoms with E-state index >= 15 is 0 Å². The topological polar surface area (TPSA) is 70.7 Å². The highest BCUT2D eigenvalue weighted by Crippen LogP contribution is 2.20. The number of aromatic nitrogens is 3. The Bertz CT molecular complexity index is 759. The number of aromatic amines is 1. The highest BCUT2D eigenvalue weighted by molar-refractivity contribution is 7.16. The van der Waals surface area contributed by atoms with Gasteiger partial charge >= 0.3 is 0 Å². The van der Waals surface area contributed by atoms with E-state index in [0.717, 1.165) is 15.9 Å². The molecule has 0 spiro atoms. The lowest BCUT2D eigenvalue weighted by molar-refractivity contribution is 0.102. The number of fused-ring (bicyclic) bond motifs is 1. The summed E-state index contributed by atoms with van der Waals surface area (Å²) >= 11 is 1.52. The van der Waals surface area contributed by atoms with Crippen molar-refractivity contribution in [2.75, 3.05) is 5.32 Å². The van der Waals surface area contributed by atoms with Crippen molar-refractivity contribution < 1.29 is 4.79 Å². The second kappa shape index (κ2) is 5.05. The van der Waals surface area contributed by atoms with E-state index in [-0.39, 0.29) is 5.91 Å². The van der Waals surface area contributed by atoms with Gasteiger partial charge in [0.05, 0.1) is 15.7 Å². The molecule has 3 rings (SSSR count). The molecule has 0 saturated carbocycles. The van der Waals surface area contributed by atoms with Crippen LogP contribution in [0.1, 0.15) is 35.8 Å². The first-order valence-electron chi connectivity index (χ1n) is 6.33. The zero-order valence-electron chi connectivity index (χ0n) is 11.2. The molecule has 5 nitrogen and oxygen atoms in total. The number of hydrogen-bond donors (Lipinski definition) is 2. The number of nitrogens with zero attached hydrogens (tertiary/aromatic N) is 2. The highest BCUT2D eigenvalue weighted by Gasteiger charge is 2.11. The summed E-state index contributed by atoms with van der Waals surface area (Å²) in [7, 11) is 0. The molecule has 0 aliphatic heterocycles. The summed E-state index contributed by atoms with van der Waals surface area (Å²) in [5.41, 5.74) is 4.29.